The van der Waals surface area contributed by atoms with Crippen LogP contribution < -0.4 is 10.0 Å². The summed E-state index contributed by atoms with van der Waals surface area (Å²) in [6.07, 6.45) is 1.42. The second-order valence-corrected chi connectivity index (χ2v) is 5.35. The molecule has 20 heavy (non-hydrogen) atoms. The van der Waals surface area contributed by atoms with Crippen molar-refractivity contribution in [2.24, 2.45) is 0 Å². The van der Waals surface area contributed by atoms with Crippen molar-refractivity contribution in [3.05, 3.63) is 65.5 Å². The van der Waals surface area contributed by atoms with Gasteiger partial charge in [-0.15, -0.1) is 0 Å². The van der Waals surface area contributed by atoms with E-state index in [9.17, 15) is 10.0 Å². The molecule has 0 fully saturated rings. The van der Waals surface area contributed by atoms with Gasteiger partial charge in [-0.25, -0.2) is 0 Å². The monoisotopic (exact) mass is 288 g/mol. The minimum atomic E-state index is -0.0878. The number of pyridine rings is 1. The maximum Gasteiger partial charge on any atom is 0.251 e. The average Bonchev–Trinajstić information content (AvgIpc) is 2.47. The summed E-state index contributed by atoms with van der Waals surface area (Å²) in [7, 11) is 0. The Kier molecular flexibility index (Phi) is 5.01. The number of carbonyl (C=O) groups excluding carboxylic acids is 1. The van der Waals surface area contributed by atoms with Crippen molar-refractivity contribution in [1.82, 2.24) is 5.32 Å². The first-order valence-corrected chi connectivity index (χ1v) is 7.30. The van der Waals surface area contributed by atoms with Crippen molar-refractivity contribution in [1.29, 1.82) is 0 Å². The molecule has 2 rings (SSSR count). The van der Waals surface area contributed by atoms with E-state index in [1.807, 2.05) is 37.3 Å². The Morgan fingerprint density at radius 2 is 1.95 bits per heavy atom. The van der Waals surface area contributed by atoms with Gasteiger partial charge in [0.25, 0.3) is 5.03 Å². The maximum absolute atomic E-state index is 11.9. The molecular formula is C15H16N2O2S. The van der Waals surface area contributed by atoms with E-state index in [1.165, 1.54) is 18.0 Å². The standard InChI is InChI=1S/C15H16N2O2S/c1-12(13-7-3-2-4-8-13)16-14(18)11-20-15-9-5-6-10-17(15)19/h2-10,12H,11H2,1H3,(H,16,18). The lowest BCUT2D eigenvalue weighted by molar-refractivity contribution is -0.645. The zero-order valence-electron chi connectivity index (χ0n) is 11.2. The Balaban J connectivity index is 1.86. The second kappa shape index (κ2) is 6.96. The van der Waals surface area contributed by atoms with E-state index < -0.39 is 0 Å². The van der Waals surface area contributed by atoms with E-state index in [0.29, 0.717) is 5.03 Å². The zero-order valence-corrected chi connectivity index (χ0v) is 12.0. The van der Waals surface area contributed by atoms with Gasteiger partial charge in [-0.1, -0.05) is 30.3 Å². The highest BCUT2D eigenvalue weighted by Gasteiger charge is 2.12. The van der Waals surface area contributed by atoms with Crippen LogP contribution >= 0.6 is 11.8 Å². The van der Waals surface area contributed by atoms with Gasteiger partial charge in [-0.2, -0.15) is 4.73 Å². The van der Waals surface area contributed by atoms with Crippen molar-refractivity contribution in [2.45, 2.75) is 18.0 Å². The fourth-order valence-corrected chi connectivity index (χ4v) is 2.50. The number of hydrogen-bond donors (Lipinski definition) is 1. The molecule has 1 atom stereocenters. The molecule has 0 saturated heterocycles. The maximum atomic E-state index is 11.9. The molecule has 1 amide bonds. The summed E-state index contributed by atoms with van der Waals surface area (Å²) >= 11 is 1.23. The number of amides is 1. The second-order valence-electron chi connectivity index (χ2n) is 4.35. The average molecular weight is 288 g/mol. The first-order chi connectivity index (χ1) is 9.66. The third-order valence-electron chi connectivity index (χ3n) is 2.82. The molecule has 1 aromatic heterocycles. The van der Waals surface area contributed by atoms with Crippen LogP contribution in [0.4, 0.5) is 0 Å². The minimum absolute atomic E-state index is 0.0422. The first kappa shape index (κ1) is 14.4. The van der Waals surface area contributed by atoms with Gasteiger partial charge in [-0.05, 0) is 30.3 Å². The summed E-state index contributed by atoms with van der Waals surface area (Å²) in [5.74, 6) is 0.138. The number of nitrogens with one attached hydrogen (secondary N) is 1. The normalized spacial score (nSPS) is 11.8. The summed E-state index contributed by atoms with van der Waals surface area (Å²) in [6.45, 7) is 1.94. The van der Waals surface area contributed by atoms with Crippen LogP contribution in [0.2, 0.25) is 0 Å². The quantitative estimate of drug-likeness (QED) is 0.522. The van der Waals surface area contributed by atoms with Crippen molar-refractivity contribution in [3.8, 4) is 0 Å². The lowest BCUT2D eigenvalue weighted by Gasteiger charge is -2.13. The molecule has 104 valence electrons. The first-order valence-electron chi connectivity index (χ1n) is 6.32. The number of nitrogens with zero attached hydrogens (tertiary/aromatic N) is 1. The van der Waals surface area contributed by atoms with E-state index in [2.05, 4.69) is 5.32 Å². The molecule has 1 unspecified atom stereocenters. The highest BCUT2D eigenvalue weighted by molar-refractivity contribution is 7.99. The third kappa shape index (κ3) is 3.99. The van der Waals surface area contributed by atoms with Crippen molar-refractivity contribution in [3.63, 3.8) is 0 Å². The van der Waals surface area contributed by atoms with Crippen LogP contribution in [0.15, 0.2) is 59.8 Å². The van der Waals surface area contributed by atoms with Gasteiger partial charge in [0.05, 0.1) is 11.8 Å². The summed E-state index contributed by atoms with van der Waals surface area (Å²) in [6, 6.07) is 14.9. The highest BCUT2D eigenvalue weighted by atomic mass is 32.2. The van der Waals surface area contributed by atoms with Crippen LogP contribution in [0, 0.1) is 5.21 Å². The van der Waals surface area contributed by atoms with E-state index in [0.717, 1.165) is 10.3 Å². The van der Waals surface area contributed by atoms with Crippen molar-refractivity contribution < 1.29 is 9.52 Å². The van der Waals surface area contributed by atoms with Crippen LogP contribution in [0.1, 0.15) is 18.5 Å². The summed E-state index contributed by atoms with van der Waals surface area (Å²) in [5.41, 5.74) is 1.06. The van der Waals surface area contributed by atoms with E-state index >= 15 is 0 Å². The summed E-state index contributed by atoms with van der Waals surface area (Å²) < 4.78 is 0.762. The van der Waals surface area contributed by atoms with Crippen LogP contribution in [-0.2, 0) is 4.79 Å². The lowest BCUT2D eigenvalue weighted by Crippen LogP contribution is -2.31. The topological polar surface area (TPSA) is 56.0 Å². The molecule has 0 saturated carbocycles. The van der Waals surface area contributed by atoms with Crippen LogP contribution in [-0.4, -0.2) is 11.7 Å². The van der Waals surface area contributed by atoms with Gasteiger partial charge in [0, 0.05) is 12.1 Å². The van der Waals surface area contributed by atoms with Gasteiger partial charge < -0.3 is 10.5 Å². The summed E-state index contributed by atoms with van der Waals surface area (Å²) in [5, 5.41) is 14.9. The van der Waals surface area contributed by atoms with Gasteiger partial charge in [-0.3, -0.25) is 4.79 Å². The zero-order chi connectivity index (χ0) is 14.4. The lowest BCUT2D eigenvalue weighted by atomic mass is 10.1. The van der Waals surface area contributed by atoms with E-state index in [-0.39, 0.29) is 17.7 Å². The predicted octanol–water partition coefficient (Wildman–Crippen LogP) is 2.29. The number of thioether (sulfide) groups is 1. The van der Waals surface area contributed by atoms with Crippen LogP contribution in [0.25, 0.3) is 0 Å². The van der Waals surface area contributed by atoms with Gasteiger partial charge >= 0.3 is 0 Å². The van der Waals surface area contributed by atoms with Crippen molar-refractivity contribution in [2.75, 3.05) is 5.75 Å². The number of rotatable bonds is 5. The molecule has 5 heteroatoms. The predicted molar refractivity (Wildman–Crippen MR) is 79.1 cm³/mol. The smallest absolute Gasteiger partial charge is 0.251 e. The Bertz CT molecular complexity index is 575. The molecule has 1 N–H and O–H groups in total. The molecular weight excluding hydrogens is 272 g/mol. The Morgan fingerprint density at radius 1 is 1.25 bits per heavy atom. The third-order valence-corrected chi connectivity index (χ3v) is 3.84. The van der Waals surface area contributed by atoms with Gasteiger partial charge in [0.1, 0.15) is 0 Å². The van der Waals surface area contributed by atoms with Crippen LogP contribution in [0.3, 0.4) is 0 Å². The largest absolute Gasteiger partial charge is 0.618 e. The molecule has 0 spiro atoms. The molecule has 1 heterocycles. The molecule has 0 radical (unpaired) electrons. The Hall–Kier alpha value is -2.01. The molecule has 0 aliphatic rings. The van der Waals surface area contributed by atoms with Crippen molar-refractivity contribution >= 4 is 17.7 Å². The SMILES string of the molecule is CC(NC(=O)CSc1cccc[n+]1[O-])c1ccccc1. The molecule has 4 nitrogen and oxygen atoms in total. The number of aromatic nitrogens is 1. The highest BCUT2D eigenvalue weighted by Crippen LogP contribution is 2.14. The number of hydrogen-bond acceptors (Lipinski definition) is 3. The fourth-order valence-electron chi connectivity index (χ4n) is 1.77. The molecule has 1 aromatic carbocycles. The number of benzene rings is 1. The molecule has 0 aliphatic heterocycles. The van der Waals surface area contributed by atoms with Crippen LogP contribution in [0.5, 0.6) is 0 Å². The number of carbonyl (C=O) groups is 1. The molecule has 0 bridgehead atoms. The van der Waals surface area contributed by atoms with E-state index in [4.69, 9.17) is 0 Å². The van der Waals surface area contributed by atoms with Gasteiger partial charge in [0.2, 0.25) is 5.91 Å². The van der Waals surface area contributed by atoms with E-state index in [1.54, 1.807) is 18.2 Å². The Labute approximate surface area is 122 Å². The van der Waals surface area contributed by atoms with Gasteiger partial charge in [0.15, 0.2) is 6.20 Å². The fraction of sp³-hybridized carbons (Fsp3) is 0.200. The minimum Gasteiger partial charge on any atom is -0.618 e. The molecule has 0 aliphatic carbocycles. The molecule has 2 aromatic rings. The Morgan fingerprint density at radius 3 is 2.65 bits per heavy atom. The summed E-state index contributed by atoms with van der Waals surface area (Å²) in [4.78, 5) is 11.9.